The number of hydrogen-bond acceptors (Lipinski definition) is 5. The molecule has 136 valence electrons. The van der Waals surface area contributed by atoms with Gasteiger partial charge < -0.3 is 4.90 Å². The van der Waals surface area contributed by atoms with Gasteiger partial charge in [0.25, 0.3) is 0 Å². The fourth-order valence-corrected chi connectivity index (χ4v) is 4.47. The summed E-state index contributed by atoms with van der Waals surface area (Å²) in [4.78, 5) is 18.6. The van der Waals surface area contributed by atoms with Gasteiger partial charge in [0.2, 0.25) is 11.2 Å². The molecule has 0 atom stereocenters. The maximum atomic E-state index is 11.7. The monoisotopic (exact) mass is 379 g/mol. The Morgan fingerprint density at radius 1 is 1.15 bits per heavy atom. The van der Waals surface area contributed by atoms with Crippen molar-refractivity contribution in [3.05, 3.63) is 71.4 Å². The van der Waals surface area contributed by atoms with Crippen molar-refractivity contribution in [1.82, 2.24) is 0 Å². The minimum absolute atomic E-state index is 0.0496. The van der Waals surface area contributed by atoms with Crippen molar-refractivity contribution in [2.24, 2.45) is 0 Å². The van der Waals surface area contributed by atoms with Crippen LogP contribution < -0.4 is 9.47 Å². The van der Waals surface area contributed by atoms with Crippen molar-refractivity contribution in [2.45, 2.75) is 18.4 Å². The molecule has 1 N–H and O–H groups in total. The lowest BCUT2D eigenvalue weighted by Gasteiger charge is -2.18. The first kappa shape index (κ1) is 17.6. The largest absolute Gasteiger partial charge is 0.361 e. The van der Waals surface area contributed by atoms with E-state index in [2.05, 4.69) is 46.7 Å². The van der Waals surface area contributed by atoms with Crippen LogP contribution in [0.3, 0.4) is 0 Å². The van der Waals surface area contributed by atoms with E-state index in [1.807, 2.05) is 41.3 Å². The van der Waals surface area contributed by atoms with Crippen LogP contribution in [0, 0.1) is 0 Å². The van der Waals surface area contributed by atoms with Gasteiger partial charge in [-0.1, -0.05) is 36.0 Å². The summed E-state index contributed by atoms with van der Waals surface area (Å²) in [6.45, 7) is 2.90. The van der Waals surface area contributed by atoms with E-state index in [-0.39, 0.29) is 6.54 Å². The molecule has 0 fully saturated rings. The number of fused-ring (bicyclic) bond motifs is 2. The number of aromatic nitrogens is 1. The summed E-state index contributed by atoms with van der Waals surface area (Å²) in [6, 6.07) is 20.4. The second-order valence-corrected chi connectivity index (χ2v) is 7.23. The van der Waals surface area contributed by atoms with E-state index in [0.29, 0.717) is 0 Å². The van der Waals surface area contributed by atoms with Gasteiger partial charge in [0.1, 0.15) is 13.1 Å². The van der Waals surface area contributed by atoms with E-state index in [1.54, 1.807) is 11.8 Å². The number of pyridine rings is 1. The Hall–Kier alpha value is -2.83. The number of benzene rings is 2. The molecule has 1 aliphatic heterocycles. The van der Waals surface area contributed by atoms with Gasteiger partial charge in [0.15, 0.2) is 0 Å². The molecule has 1 aromatic heterocycles. The molecule has 0 radical (unpaired) electrons. The van der Waals surface area contributed by atoms with Crippen molar-refractivity contribution in [3.8, 4) is 0 Å². The summed E-state index contributed by atoms with van der Waals surface area (Å²) in [6.07, 6.45) is 2.07. The number of thioether (sulfide) groups is 1. The van der Waals surface area contributed by atoms with Crippen LogP contribution in [0.1, 0.15) is 12.6 Å². The number of hydrogen-bond donors (Lipinski definition) is 1. The lowest BCUT2D eigenvalue weighted by atomic mass is 10.2. The van der Waals surface area contributed by atoms with Crippen LogP contribution >= 0.6 is 11.8 Å². The van der Waals surface area contributed by atoms with E-state index in [4.69, 9.17) is 5.26 Å². The zero-order chi connectivity index (χ0) is 18.8. The average molecular weight is 379 g/mol. The normalized spacial score (nSPS) is 14.6. The van der Waals surface area contributed by atoms with E-state index in [0.717, 1.165) is 33.4 Å². The third kappa shape index (κ3) is 3.29. The molecular weight excluding hydrogens is 360 g/mol. The van der Waals surface area contributed by atoms with Crippen molar-refractivity contribution >= 4 is 40.4 Å². The fraction of sp³-hybridized carbons (Fsp3) is 0.143. The standard InChI is InChI=1S/C21H18N2O3S/c1-2-22-16(12-11-15-7-3-4-8-17(15)22)13-20-23(14-21(24)26-25)18-9-5-6-10-19(18)27-20/h3-13H,2,14H2,1H3/p+1. The SMILES string of the molecule is CC[n+]1c(C=C2Sc3ccccc3N2CC(=O)OO)ccc2ccccc21. The van der Waals surface area contributed by atoms with E-state index >= 15 is 0 Å². The molecule has 1 aliphatic rings. The summed E-state index contributed by atoms with van der Waals surface area (Å²) < 4.78 is 2.24. The number of aryl methyl sites for hydroxylation is 1. The number of nitrogens with zero attached hydrogens (tertiary/aromatic N) is 2. The maximum absolute atomic E-state index is 11.7. The Morgan fingerprint density at radius 2 is 1.93 bits per heavy atom. The molecule has 2 heterocycles. The second-order valence-electron chi connectivity index (χ2n) is 6.16. The zero-order valence-electron chi connectivity index (χ0n) is 14.8. The number of anilines is 1. The number of carbonyl (C=O) groups excluding carboxylic acids is 1. The Balaban J connectivity index is 1.81. The molecule has 27 heavy (non-hydrogen) atoms. The predicted octanol–water partition coefficient (Wildman–Crippen LogP) is 4.07. The van der Waals surface area contributed by atoms with E-state index < -0.39 is 5.97 Å². The van der Waals surface area contributed by atoms with Gasteiger partial charge >= 0.3 is 5.97 Å². The molecule has 0 saturated heterocycles. The molecule has 0 spiro atoms. The molecule has 3 aromatic rings. The van der Waals surface area contributed by atoms with Gasteiger partial charge in [-0.15, -0.1) is 0 Å². The van der Waals surface area contributed by atoms with Crippen LogP contribution in [0.4, 0.5) is 5.69 Å². The van der Waals surface area contributed by atoms with E-state index in [1.165, 1.54) is 5.39 Å². The van der Waals surface area contributed by atoms with Crippen molar-refractivity contribution in [2.75, 3.05) is 11.4 Å². The Morgan fingerprint density at radius 3 is 2.74 bits per heavy atom. The first-order valence-electron chi connectivity index (χ1n) is 8.73. The molecule has 0 unspecified atom stereocenters. The minimum Gasteiger partial charge on any atom is -0.323 e. The number of carbonyl (C=O) groups is 1. The molecule has 0 aliphatic carbocycles. The first-order chi connectivity index (χ1) is 13.2. The molecule has 4 rings (SSSR count). The molecule has 5 nitrogen and oxygen atoms in total. The van der Waals surface area contributed by atoms with Gasteiger partial charge in [0, 0.05) is 28.5 Å². The smallest absolute Gasteiger partial charge is 0.323 e. The van der Waals surface area contributed by atoms with Crippen LogP contribution in [-0.2, 0) is 16.2 Å². The second kappa shape index (κ2) is 7.42. The van der Waals surface area contributed by atoms with Crippen molar-refractivity contribution in [1.29, 1.82) is 0 Å². The fourth-order valence-electron chi connectivity index (χ4n) is 3.37. The number of para-hydroxylation sites is 2. The van der Waals surface area contributed by atoms with Gasteiger partial charge in [-0.2, -0.15) is 9.82 Å². The van der Waals surface area contributed by atoms with Crippen LogP contribution in [0.15, 0.2) is 70.6 Å². The molecule has 6 heteroatoms. The van der Waals surface area contributed by atoms with Crippen LogP contribution in [0.2, 0.25) is 0 Å². The summed E-state index contributed by atoms with van der Waals surface area (Å²) >= 11 is 1.60. The van der Waals surface area contributed by atoms with Crippen LogP contribution in [0.5, 0.6) is 0 Å². The van der Waals surface area contributed by atoms with Crippen molar-refractivity contribution < 1.29 is 19.5 Å². The van der Waals surface area contributed by atoms with E-state index in [9.17, 15) is 4.79 Å². The topological polar surface area (TPSA) is 53.7 Å². The zero-order valence-corrected chi connectivity index (χ0v) is 15.6. The van der Waals surface area contributed by atoms with Gasteiger partial charge in [-0.3, -0.25) is 4.89 Å². The highest BCUT2D eigenvalue weighted by molar-refractivity contribution is 8.03. The molecular formula is C21H19N2O3S+. The summed E-state index contributed by atoms with van der Waals surface area (Å²) in [5.41, 5.74) is 3.15. The van der Waals surface area contributed by atoms with Crippen molar-refractivity contribution in [3.63, 3.8) is 0 Å². The first-order valence-corrected chi connectivity index (χ1v) is 9.55. The summed E-state index contributed by atoms with van der Waals surface area (Å²) in [5.74, 6) is -0.694. The Labute approximate surface area is 161 Å². The molecule has 2 aromatic carbocycles. The summed E-state index contributed by atoms with van der Waals surface area (Å²) in [5, 5.41) is 10.8. The summed E-state index contributed by atoms with van der Waals surface area (Å²) in [7, 11) is 0. The third-order valence-corrected chi connectivity index (χ3v) is 5.70. The Bertz CT molecular complexity index is 1050. The highest BCUT2D eigenvalue weighted by Crippen LogP contribution is 2.46. The van der Waals surface area contributed by atoms with Gasteiger partial charge in [0.05, 0.1) is 10.7 Å². The molecule has 0 saturated carbocycles. The van der Waals surface area contributed by atoms with Crippen LogP contribution in [0.25, 0.3) is 17.0 Å². The van der Waals surface area contributed by atoms with Crippen LogP contribution in [-0.4, -0.2) is 17.8 Å². The predicted molar refractivity (Wildman–Crippen MR) is 106 cm³/mol. The lowest BCUT2D eigenvalue weighted by molar-refractivity contribution is -0.669. The molecule has 0 amide bonds. The lowest BCUT2D eigenvalue weighted by Crippen LogP contribution is -2.37. The Kier molecular flexibility index (Phi) is 4.83. The molecule has 0 bridgehead atoms. The quantitative estimate of drug-likeness (QED) is 0.421. The number of rotatable bonds is 4. The highest BCUT2D eigenvalue weighted by Gasteiger charge is 2.28. The maximum Gasteiger partial charge on any atom is 0.361 e. The average Bonchev–Trinajstić information content (AvgIpc) is 3.04. The third-order valence-electron chi connectivity index (χ3n) is 4.59. The van der Waals surface area contributed by atoms with Gasteiger partial charge in [-0.25, -0.2) is 4.79 Å². The minimum atomic E-state index is -0.694. The highest BCUT2D eigenvalue weighted by atomic mass is 32.2. The van der Waals surface area contributed by atoms with Gasteiger partial charge in [-0.05, 0) is 31.2 Å².